The van der Waals surface area contributed by atoms with Crippen LogP contribution < -0.4 is 20.7 Å². The van der Waals surface area contributed by atoms with Gasteiger partial charge in [-0.25, -0.2) is 4.79 Å². The molecule has 184 valence electrons. The molecule has 2 atom stereocenters. The van der Waals surface area contributed by atoms with E-state index < -0.39 is 0 Å². The molecule has 6 bridgehead atoms. The number of hydrogen-bond acceptors (Lipinski definition) is 3. The minimum Gasteiger partial charge on any atom is -0.494 e. The van der Waals surface area contributed by atoms with Gasteiger partial charge in [0.1, 0.15) is 5.75 Å². The van der Waals surface area contributed by atoms with Crippen LogP contribution in [0.5, 0.6) is 5.75 Å². The van der Waals surface area contributed by atoms with E-state index in [-0.39, 0.29) is 17.6 Å². The van der Waals surface area contributed by atoms with Gasteiger partial charge in [0, 0.05) is 29.4 Å². The molecule has 6 aliphatic rings. The van der Waals surface area contributed by atoms with E-state index in [0.717, 1.165) is 60.0 Å². The average molecular weight is 483 g/mol. The highest BCUT2D eigenvalue weighted by atomic mass is 32.1. The lowest BCUT2D eigenvalue weighted by Gasteiger charge is -2.56. The van der Waals surface area contributed by atoms with Gasteiger partial charge in [-0.1, -0.05) is 0 Å². The maximum absolute atomic E-state index is 13.1. The molecule has 4 aliphatic carbocycles. The molecule has 0 aromatic heterocycles. The second-order valence-corrected chi connectivity index (χ2v) is 12.0. The van der Waals surface area contributed by atoms with Crippen LogP contribution in [0.1, 0.15) is 71.1 Å². The number of amides is 2. The minimum atomic E-state index is 0.0647. The number of benzene rings is 1. The topological polar surface area (TPSA) is 65.6 Å². The summed E-state index contributed by atoms with van der Waals surface area (Å²) in [5, 5.41) is 11.1. The first-order valence-corrected chi connectivity index (χ1v) is 13.8. The quantitative estimate of drug-likeness (QED) is 0.513. The van der Waals surface area contributed by atoms with Crippen molar-refractivity contribution >= 4 is 29.0 Å². The van der Waals surface area contributed by atoms with Crippen molar-refractivity contribution < 1.29 is 9.53 Å². The molecule has 2 saturated heterocycles. The Labute approximate surface area is 208 Å². The van der Waals surface area contributed by atoms with Crippen molar-refractivity contribution in [3.8, 4) is 5.75 Å². The molecule has 3 N–H and O–H groups in total. The number of carbonyl (C=O) groups excluding carboxylic acids is 1. The van der Waals surface area contributed by atoms with Gasteiger partial charge in [0.15, 0.2) is 5.11 Å². The highest BCUT2D eigenvalue weighted by molar-refractivity contribution is 7.80. The maximum atomic E-state index is 13.1. The van der Waals surface area contributed by atoms with Crippen LogP contribution in [0.25, 0.3) is 0 Å². The summed E-state index contributed by atoms with van der Waals surface area (Å²) in [7, 11) is 0. The standard InChI is InChI=1S/C27H38N4O2S/c1-2-33-24-7-3-20(4-8-24)29-26(34)31-22-5-6-23(31)13-21(12-22)28-25(32)30-27-14-17-9-18(15-27)11-19(10-17)16-27/h3-4,7-8,17-19,21-23H,2,5-6,9-16H2,1H3,(H,29,34)(H2,28,30,32)/t17?,18?,19?,22-,23-,27?/m0/s1. The van der Waals surface area contributed by atoms with E-state index in [1.165, 1.54) is 38.5 Å². The Morgan fingerprint density at radius 3 is 2.15 bits per heavy atom. The van der Waals surface area contributed by atoms with Crippen LogP contribution in [0.15, 0.2) is 24.3 Å². The predicted octanol–water partition coefficient (Wildman–Crippen LogP) is 5.05. The van der Waals surface area contributed by atoms with E-state index >= 15 is 0 Å². The van der Waals surface area contributed by atoms with Crippen LogP contribution in [-0.2, 0) is 0 Å². The summed E-state index contributed by atoms with van der Waals surface area (Å²) in [4.78, 5) is 15.5. The number of ether oxygens (including phenoxy) is 1. The molecule has 0 spiro atoms. The molecule has 6 fully saturated rings. The fraction of sp³-hybridized carbons (Fsp3) is 0.704. The molecule has 7 heteroatoms. The molecule has 2 amide bonds. The van der Waals surface area contributed by atoms with Gasteiger partial charge in [-0.15, -0.1) is 0 Å². The van der Waals surface area contributed by atoms with E-state index in [2.05, 4.69) is 20.9 Å². The molecule has 7 rings (SSSR count). The smallest absolute Gasteiger partial charge is 0.315 e. The molecule has 4 saturated carbocycles. The highest BCUT2D eigenvalue weighted by Gasteiger charge is 2.52. The molecule has 2 aliphatic heterocycles. The van der Waals surface area contributed by atoms with Crippen molar-refractivity contribution in [3.05, 3.63) is 24.3 Å². The van der Waals surface area contributed by atoms with Crippen molar-refractivity contribution in [2.45, 2.75) is 94.8 Å². The minimum absolute atomic E-state index is 0.0647. The third-order valence-electron chi connectivity index (χ3n) is 9.14. The number of nitrogens with zero attached hydrogens (tertiary/aromatic N) is 1. The van der Waals surface area contributed by atoms with Crippen LogP contribution in [0.4, 0.5) is 10.5 Å². The fourth-order valence-corrected chi connectivity index (χ4v) is 8.76. The van der Waals surface area contributed by atoms with Crippen molar-refractivity contribution in [1.29, 1.82) is 0 Å². The van der Waals surface area contributed by atoms with Crippen LogP contribution in [0, 0.1) is 17.8 Å². The Kier molecular flexibility index (Phi) is 5.87. The molecule has 0 radical (unpaired) electrons. The number of anilines is 1. The van der Waals surface area contributed by atoms with Crippen LogP contribution in [0.2, 0.25) is 0 Å². The molecule has 0 unspecified atom stereocenters. The van der Waals surface area contributed by atoms with Crippen LogP contribution in [0.3, 0.4) is 0 Å². The summed E-state index contributed by atoms with van der Waals surface area (Å²) >= 11 is 5.82. The fourth-order valence-electron chi connectivity index (χ4n) is 8.34. The Hall–Kier alpha value is -2.02. The number of piperidine rings is 1. The molecule has 1 aromatic rings. The first-order chi connectivity index (χ1) is 16.5. The summed E-state index contributed by atoms with van der Waals surface area (Å²) in [5.41, 5.74) is 1.06. The molecule has 6 nitrogen and oxygen atoms in total. The number of fused-ring (bicyclic) bond motifs is 2. The Morgan fingerprint density at radius 1 is 1.00 bits per heavy atom. The molecular formula is C27H38N4O2S. The largest absolute Gasteiger partial charge is 0.494 e. The van der Waals surface area contributed by atoms with E-state index in [9.17, 15) is 4.79 Å². The van der Waals surface area contributed by atoms with Gasteiger partial charge in [0.25, 0.3) is 0 Å². The monoisotopic (exact) mass is 482 g/mol. The molecule has 34 heavy (non-hydrogen) atoms. The third kappa shape index (κ3) is 4.36. The number of nitrogens with one attached hydrogen (secondary N) is 3. The number of urea groups is 1. The Bertz CT molecular complexity index is 886. The highest BCUT2D eigenvalue weighted by Crippen LogP contribution is 2.55. The zero-order valence-corrected chi connectivity index (χ0v) is 21.0. The van der Waals surface area contributed by atoms with Gasteiger partial charge in [-0.2, -0.15) is 0 Å². The second kappa shape index (κ2) is 8.89. The van der Waals surface area contributed by atoms with Gasteiger partial charge >= 0.3 is 6.03 Å². The first kappa shape index (κ1) is 22.4. The molecule has 1 aromatic carbocycles. The number of thiocarbonyl (C=S) groups is 1. The zero-order chi connectivity index (χ0) is 23.3. The average Bonchev–Trinajstić information content (AvgIpc) is 3.04. The van der Waals surface area contributed by atoms with Crippen LogP contribution in [-0.4, -0.2) is 46.3 Å². The predicted molar refractivity (Wildman–Crippen MR) is 138 cm³/mol. The SMILES string of the molecule is CCOc1ccc(NC(=S)N2[C@H]3CC[C@H]2CC(NC(=O)NC24CC5CC(CC(C5)C2)C4)C3)cc1. The van der Waals surface area contributed by atoms with Gasteiger partial charge in [-0.3, -0.25) is 0 Å². The lowest BCUT2D eigenvalue weighted by atomic mass is 9.53. The van der Waals surface area contributed by atoms with Gasteiger partial charge < -0.3 is 25.6 Å². The van der Waals surface area contributed by atoms with Gasteiger partial charge in [0.05, 0.1) is 6.61 Å². The normalized spacial score (nSPS) is 37.4. The Morgan fingerprint density at radius 2 is 1.59 bits per heavy atom. The molecule has 2 heterocycles. The summed E-state index contributed by atoms with van der Waals surface area (Å²) in [6.07, 6.45) is 12.0. The second-order valence-electron chi connectivity index (χ2n) is 11.6. The van der Waals surface area contributed by atoms with Crippen molar-refractivity contribution in [3.63, 3.8) is 0 Å². The van der Waals surface area contributed by atoms with Crippen molar-refractivity contribution in [2.75, 3.05) is 11.9 Å². The van der Waals surface area contributed by atoms with E-state index in [1.807, 2.05) is 31.2 Å². The summed E-state index contributed by atoms with van der Waals surface area (Å²) in [6, 6.07) is 9.07. The Balaban J connectivity index is 1.03. The van der Waals surface area contributed by atoms with Crippen molar-refractivity contribution in [1.82, 2.24) is 15.5 Å². The van der Waals surface area contributed by atoms with Gasteiger partial charge in [0.2, 0.25) is 0 Å². The summed E-state index contributed by atoms with van der Waals surface area (Å²) < 4.78 is 5.54. The van der Waals surface area contributed by atoms with Crippen LogP contribution >= 0.6 is 12.2 Å². The van der Waals surface area contributed by atoms with Crippen molar-refractivity contribution in [2.24, 2.45) is 17.8 Å². The molecular weight excluding hydrogens is 444 g/mol. The summed E-state index contributed by atoms with van der Waals surface area (Å²) in [5.74, 6) is 3.40. The number of rotatable bonds is 5. The van der Waals surface area contributed by atoms with E-state index in [1.54, 1.807) is 0 Å². The van der Waals surface area contributed by atoms with E-state index in [0.29, 0.717) is 18.7 Å². The summed E-state index contributed by atoms with van der Waals surface area (Å²) in [6.45, 7) is 2.65. The number of hydrogen-bond donors (Lipinski definition) is 3. The van der Waals surface area contributed by atoms with Gasteiger partial charge in [-0.05, 0) is 125 Å². The lowest BCUT2D eigenvalue weighted by Crippen LogP contribution is -2.63. The third-order valence-corrected chi connectivity index (χ3v) is 9.45. The van der Waals surface area contributed by atoms with E-state index in [4.69, 9.17) is 17.0 Å². The lowest BCUT2D eigenvalue weighted by molar-refractivity contribution is -0.0138. The number of carbonyl (C=O) groups is 1. The maximum Gasteiger partial charge on any atom is 0.315 e. The first-order valence-electron chi connectivity index (χ1n) is 13.4. The zero-order valence-electron chi connectivity index (χ0n) is 20.2.